The van der Waals surface area contributed by atoms with E-state index < -0.39 is 13.9 Å². The number of rotatable bonds is 9. The van der Waals surface area contributed by atoms with E-state index in [9.17, 15) is 4.79 Å². The maximum atomic E-state index is 11.4. The maximum Gasteiger partial charge on any atom is 0.261 e. The average Bonchev–Trinajstić information content (AvgIpc) is 3.28. The summed E-state index contributed by atoms with van der Waals surface area (Å²) in [6, 6.07) is 21.2. The fourth-order valence-corrected chi connectivity index (χ4v) is 9.28. The van der Waals surface area contributed by atoms with Crippen molar-refractivity contribution >= 4 is 24.5 Å². The quantitative estimate of drug-likeness (QED) is 0.414. The summed E-state index contributed by atoms with van der Waals surface area (Å²) in [6.45, 7) is 10.6. The molecule has 5 heteroatoms. The molecule has 0 bridgehead atoms. The summed E-state index contributed by atoms with van der Waals surface area (Å²) in [5.74, 6) is 2.66. The highest BCUT2D eigenvalue weighted by atomic mass is 28.4. The first kappa shape index (κ1) is 25.4. The van der Waals surface area contributed by atoms with Crippen LogP contribution >= 0.6 is 0 Å². The van der Waals surface area contributed by atoms with E-state index in [0.717, 1.165) is 12.8 Å². The second-order valence-corrected chi connectivity index (χ2v) is 14.3. The minimum Gasteiger partial charge on any atom is -0.405 e. The van der Waals surface area contributed by atoms with Gasteiger partial charge in [0.1, 0.15) is 6.61 Å². The summed E-state index contributed by atoms with van der Waals surface area (Å²) in [5, 5.41) is 2.40. The zero-order valence-corrected chi connectivity index (χ0v) is 21.5. The van der Waals surface area contributed by atoms with Crippen molar-refractivity contribution in [1.82, 2.24) is 0 Å². The molecule has 4 nitrogen and oxygen atoms in total. The Balaban J connectivity index is 1.84. The van der Waals surface area contributed by atoms with E-state index in [1.165, 1.54) is 17.3 Å². The van der Waals surface area contributed by atoms with Gasteiger partial charge in [-0.15, -0.1) is 6.42 Å². The van der Waals surface area contributed by atoms with Gasteiger partial charge in [-0.05, 0) is 42.1 Å². The summed E-state index contributed by atoms with van der Waals surface area (Å²) in [7, 11) is -2.62. The van der Waals surface area contributed by atoms with Gasteiger partial charge in [0.25, 0.3) is 8.32 Å². The third-order valence-electron chi connectivity index (χ3n) is 6.49. The highest BCUT2D eigenvalue weighted by Crippen LogP contribution is 2.38. The van der Waals surface area contributed by atoms with Gasteiger partial charge in [-0.1, -0.05) is 87.4 Å². The van der Waals surface area contributed by atoms with Gasteiger partial charge in [-0.2, -0.15) is 0 Å². The Bertz CT molecular complexity index is 921. The predicted molar refractivity (Wildman–Crippen MR) is 135 cm³/mol. The molecule has 1 aliphatic rings. The molecule has 0 aliphatic carbocycles. The van der Waals surface area contributed by atoms with Gasteiger partial charge in [-0.3, -0.25) is 4.79 Å². The van der Waals surface area contributed by atoms with Gasteiger partial charge in [0.15, 0.2) is 11.4 Å². The third kappa shape index (κ3) is 5.47. The monoisotopic (exact) mass is 464 g/mol. The largest absolute Gasteiger partial charge is 0.405 e. The van der Waals surface area contributed by atoms with E-state index in [1.807, 2.05) is 19.1 Å². The number of hydrogen-bond acceptors (Lipinski definition) is 4. The number of ether oxygens (including phenoxy) is 2. The Morgan fingerprint density at radius 2 is 1.58 bits per heavy atom. The van der Waals surface area contributed by atoms with Crippen LogP contribution in [0.1, 0.15) is 47.5 Å². The van der Waals surface area contributed by atoms with Crippen molar-refractivity contribution in [2.75, 3.05) is 13.2 Å². The van der Waals surface area contributed by atoms with E-state index in [1.54, 1.807) is 0 Å². The van der Waals surface area contributed by atoms with Gasteiger partial charge >= 0.3 is 0 Å². The fraction of sp³-hybridized carbons (Fsp3) is 0.464. The Morgan fingerprint density at radius 3 is 2.03 bits per heavy atom. The van der Waals surface area contributed by atoms with Crippen LogP contribution in [-0.2, 0) is 18.7 Å². The topological polar surface area (TPSA) is 44.8 Å². The van der Waals surface area contributed by atoms with Gasteiger partial charge in [0.2, 0.25) is 0 Å². The number of benzene rings is 2. The standard InChI is InChI=1S/C28H36O4Si/c1-7-28(6,30-20-22(2)29)26-19-18-23(32-26)21-31-33(27(3,4)5,24-14-10-8-11-15-24)25-16-12-9-13-17-25/h1,8-17,23,26H,18-21H2,2-6H3/t23-,26+,28+/m0/s1. The number of carbonyl (C=O) groups is 1. The van der Waals surface area contributed by atoms with Crippen molar-refractivity contribution in [3.63, 3.8) is 0 Å². The molecule has 0 N–H and O–H groups in total. The Hall–Kier alpha value is -2.23. The predicted octanol–water partition coefficient (Wildman–Crippen LogP) is 4.11. The molecule has 0 radical (unpaired) electrons. The van der Waals surface area contributed by atoms with Crippen LogP contribution in [0.25, 0.3) is 0 Å². The van der Waals surface area contributed by atoms with Crippen LogP contribution < -0.4 is 10.4 Å². The van der Waals surface area contributed by atoms with Crippen LogP contribution in [0.15, 0.2) is 60.7 Å². The second kappa shape index (κ2) is 10.4. The molecule has 2 aromatic rings. The van der Waals surface area contributed by atoms with Gasteiger partial charge in [0, 0.05) is 0 Å². The molecule has 33 heavy (non-hydrogen) atoms. The third-order valence-corrected chi connectivity index (χ3v) is 11.5. The fourth-order valence-electron chi connectivity index (χ4n) is 4.69. The van der Waals surface area contributed by atoms with Crippen LogP contribution in [0.4, 0.5) is 0 Å². The average molecular weight is 465 g/mol. The molecular weight excluding hydrogens is 428 g/mol. The molecule has 0 amide bonds. The molecular formula is C28H36O4Si. The number of Topliss-reactive ketones (excluding diaryl/α,β-unsaturated/α-hetero) is 1. The Labute approximate surface area is 199 Å². The smallest absolute Gasteiger partial charge is 0.261 e. The van der Waals surface area contributed by atoms with E-state index in [0.29, 0.717) is 6.61 Å². The minimum atomic E-state index is -2.62. The normalized spacial score (nSPS) is 20.7. The lowest BCUT2D eigenvalue weighted by atomic mass is 9.97. The molecule has 2 aromatic carbocycles. The first-order valence-electron chi connectivity index (χ1n) is 11.6. The summed E-state index contributed by atoms with van der Waals surface area (Å²) in [6.07, 6.45) is 7.04. The lowest BCUT2D eigenvalue weighted by molar-refractivity contribution is -0.135. The molecule has 1 aliphatic heterocycles. The zero-order chi connectivity index (χ0) is 24.1. The van der Waals surface area contributed by atoms with E-state index in [-0.39, 0.29) is 29.6 Å². The number of carbonyl (C=O) groups excluding carboxylic acids is 1. The van der Waals surface area contributed by atoms with Gasteiger partial charge in [0.05, 0.1) is 18.8 Å². The van der Waals surface area contributed by atoms with Crippen molar-refractivity contribution in [3.8, 4) is 12.3 Å². The van der Waals surface area contributed by atoms with Crippen LogP contribution in [0.5, 0.6) is 0 Å². The summed E-state index contributed by atoms with van der Waals surface area (Å²) < 4.78 is 19.1. The Kier molecular flexibility index (Phi) is 7.97. The van der Waals surface area contributed by atoms with Crippen LogP contribution in [0, 0.1) is 12.3 Å². The molecule has 176 valence electrons. The molecule has 1 saturated heterocycles. The molecule has 0 unspecified atom stereocenters. The number of ketones is 1. The maximum absolute atomic E-state index is 11.4. The van der Waals surface area contributed by atoms with E-state index in [4.69, 9.17) is 20.3 Å². The number of hydrogen-bond donors (Lipinski definition) is 0. The summed E-state index contributed by atoms with van der Waals surface area (Å²) >= 11 is 0. The lowest BCUT2D eigenvalue weighted by Crippen LogP contribution is -2.67. The molecule has 0 saturated carbocycles. The van der Waals surface area contributed by atoms with Crippen LogP contribution in [0.2, 0.25) is 5.04 Å². The van der Waals surface area contributed by atoms with E-state index in [2.05, 4.69) is 75.2 Å². The van der Waals surface area contributed by atoms with Crippen molar-refractivity contribution in [2.45, 2.75) is 70.3 Å². The zero-order valence-electron chi connectivity index (χ0n) is 20.5. The Morgan fingerprint density at radius 1 is 1.03 bits per heavy atom. The summed E-state index contributed by atoms with van der Waals surface area (Å²) in [5.41, 5.74) is -0.933. The highest BCUT2D eigenvalue weighted by molar-refractivity contribution is 6.99. The SMILES string of the molecule is C#C[C@@](C)(OCC(C)=O)[C@H]1CC[C@@H](CO[Si](c2ccccc2)(c2ccccc2)C(C)(C)C)O1. The van der Waals surface area contributed by atoms with Crippen LogP contribution in [0.3, 0.4) is 0 Å². The molecule has 0 spiro atoms. The second-order valence-electron chi connectivity index (χ2n) is 10.0. The van der Waals surface area contributed by atoms with Crippen molar-refractivity contribution in [2.24, 2.45) is 0 Å². The van der Waals surface area contributed by atoms with Crippen molar-refractivity contribution in [1.29, 1.82) is 0 Å². The molecule has 1 heterocycles. The van der Waals surface area contributed by atoms with Crippen LogP contribution in [-0.4, -0.2) is 45.1 Å². The minimum absolute atomic E-state index is 0.0101. The lowest BCUT2D eigenvalue weighted by Gasteiger charge is -2.43. The molecule has 1 fully saturated rings. The van der Waals surface area contributed by atoms with Gasteiger partial charge < -0.3 is 13.9 Å². The highest BCUT2D eigenvalue weighted by Gasteiger charge is 2.51. The van der Waals surface area contributed by atoms with Gasteiger partial charge in [-0.25, -0.2) is 0 Å². The molecule has 3 atom stereocenters. The number of terminal acetylenes is 1. The first-order chi connectivity index (χ1) is 15.6. The molecule has 0 aromatic heterocycles. The summed E-state index contributed by atoms with van der Waals surface area (Å²) in [4.78, 5) is 11.4. The van der Waals surface area contributed by atoms with E-state index >= 15 is 0 Å². The van der Waals surface area contributed by atoms with Crippen molar-refractivity contribution < 1.29 is 18.7 Å². The molecule has 3 rings (SSSR count). The first-order valence-corrected chi connectivity index (χ1v) is 13.5. The van der Waals surface area contributed by atoms with Crippen molar-refractivity contribution in [3.05, 3.63) is 60.7 Å².